The van der Waals surface area contributed by atoms with Gasteiger partial charge in [0.25, 0.3) is 0 Å². The van der Waals surface area contributed by atoms with Crippen LogP contribution < -0.4 is 0 Å². The third-order valence-corrected chi connectivity index (χ3v) is 5.04. The molecule has 4 rings (SSSR count). The monoisotopic (exact) mass is 379 g/mol. The van der Waals surface area contributed by atoms with Gasteiger partial charge in [-0.3, -0.25) is 0 Å². The summed E-state index contributed by atoms with van der Waals surface area (Å²) in [7, 11) is 0. The van der Waals surface area contributed by atoms with Gasteiger partial charge in [-0.25, -0.2) is 0 Å². The zero-order valence-electron chi connectivity index (χ0n) is 15.3. The topological polar surface area (TPSA) is 3.24 Å². The van der Waals surface area contributed by atoms with E-state index in [1.54, 1.807) is 6.07 Å². The summed E-state index contributed by atoms with van der Waals surface area (Å²) in [4.78, 5) is 2.17. The van der Waals surface area contributed by atoms with E-state index in [0.717, 1.165) is 24.6 Å². The molecule has 0 aliphatic carbocycles. The standard InChI is InChI=1S/C24H20F3N/c25-24(26,27)23-7-3-6-22(17-23)20-11-14-28(15-12-20)13-10-18-8-9-19-4-1-2-5-21(19)16-18/h1-9,11-12,14,16-17H,10,13,15H2. The molecule has 142 valence electrons. The number of benzene rings is 3. The molecule has 3 aromatic carbocycles. The van der Waals surface area contributed by atoms with Crippen LogP contribution in [0.1, 0.15) is 16.7 Å². The molecule has 1 aliphatic heterocycles. The minimum Gasteiger partial charge on any atom is -0.373 e. The van der Waals surface area contributed by atoms with E-state index in [9.17, 15) is 13.2 Å². The summed E-state index contributed by atoms with van der Waals surface area (Å²) in [5, 5.41) is 2.47. The minimum atomic E-state index is -4.32. The van der Waals surface area contributed by atoms with Gasteiger partial charge in [0.15, 0.2) is 0 Å². The highest BCUT2D eigenvalue weighted by Crippen LogP contribution is 2.31. The van der Waals surface area contributed by atoms with Crippen molar-refractivity contribution in [1.82, 2.24) is 4.90 Å². The van der Waals surface area contributed by atoms with Crippen molar-refractivity contribution < 1.29 is 13.2 Å². The van der Waals surface area contributed by atoms with E-state index in [0.29, 0.717) is 12.1 Å². The van der Waals surface area contributed by atoms with Crippen molar-refractivity contribution in [2.45, 2.75) is 12.6 Å². The van der Waals surface area contributed by atoms with Gasteiger partial charge in [-0.15, -0.1) is 0 Å². The third kappa shape index (κ3) is 4.11. The van der Waals surface area contributed by atoms with Gasteiger partial charge >= 0.3 is 6.18 Å². The van der Waals surface area contributed by atoms with E-state index in [1.165, 1.54) is 28.5 Å². The highest BCUT2D eigenvalue weighted by Gasteiger charge is 2.30. The first-order valence-corrected chi connectivity index (χ1v) is 9.27. The zero-order chi connectivity index (χ0) is 19.6. The van der Waals surface area contributed by atoms with Crippen LogP contribution in [0.3, 0.4) is 0 Å². The van der Waals surface area contributed by atoms with E-state index in [2.05, 4.69) is 35.2 Å². The molecule has 1 aliphatic rings. The van der Waals surface area contributed by atoms with Gasteiger partial charge in [-0.1, -0.05) is 60.7 Å². The Labute approximate surface area is 162 Å². The average Bonchev–Trinajstić information content (AvgIpc) is 2.72. The fraction of sp³-hybridized carbons (Fsp3) is 0.167. The van der Waals surface area contributed by atoms with Crippen molar-refractivity contribution in [1.29, 1.82) is 0 Å². The molecule has 0 radical (unpaired) electrons. The third-order valence-electron chi connectivity index (χ3n) is 5.04. The van der Waals surface area contributed by atoms with Crippen molar-refractivity contribution in [2.75, 3.05) is 13.1 Å². The molecule has 0 spiro atoms. The fourth-order valence-electron chi connectivity index (χ4n) is 3.45. The maximum atomic E-state index is 12.9. The second kappa shape index (κ2) is 7.55. The Bertz CT molecular complexity index is 1050. The summed E-state index contributed by atoms with van der Waals surface area (Å²) in [6, 6.07) is 20.3. The van der Waals surface area contributed by atoms with Gasteiger partial charge in [-0.05, 0) is 58.3 Å². The number of halogens is 3. The SMILES string of the molecule is FC(F)(F)c1cccc(C2=CCN(CCc3ccc4ccccc4c3)C=C2)c1. The molecule has 3 aromatic rings. The summed E-state index contributed by atoms with van der Waals surface area (Å²) in [6.45, 7) is 1.55. The van der Waals surface area contributed by atoms with Crippen LogP contribution in [0.15, 0.2) is 85.1 Å². The van der Waals surface area contributed by atoms with Crippen molar-refractivity contribution in [3.63, 3.8) is 0 Å². The zero-order valence-corrected chi connectivity index (χ0v) is 15.3. The molecule has 4 heteroatoms. The smallest absolute Gasteiger partial charge is 0.373 e. The number of hydrogen-bond donors (Lipinski definition) is 0. The molecule has 0 unspecified atom stereocenters. The second-order valence-electron chi connectivity index (χ2n) is 6.98. The lowest BCUT2D eigenvalue weighted by molar-refractivity contribution is -0.137. The normalized spacial score (nSPS) is 14.4. The second-order valence-corrected chi connectivity index (χ2v) is 6.98. The molecule has 0 aromatic heterocycles. The predicted octanol–water partition coefficient (Wildman–Crippen LogP) is 6.31. The van der Waals surface area contributed by atoms with Crippen LogP contribution in [0.4, 0.5) is 13.2 Å². The Morgan fingerprint density at radius 1 is 0.857 bits per heavy atom. The maximum Gasteiger partial charge on any atom is 0.416 e. The lowest BCUT2D eigenvalue weighted by Gasteiger charge is -2.23. The highest BCUT2D eigenvalue weighted by molar-refractivity contribution is 5.83. The molecule has 28 heavy (non-hydrogen) atoms. The molecule has 0 fully saturated rings. The molecule has 0 bridgehead atoms. The van der Waals surface area contributed by atoms with Crippen molar-refractivity contribution in [3.05, 3.63) is 102 Å². The number of hydrogen-bond acceptors (Lipinski definition) is 1. The molecule has 1 heterocycles. The lowest BCUT2D eigenvalue weighted by Crippen LogP contribution is -2.22. The van der Waals surface area contributed by atoms with Crippen LogP contribution in [0.2, 0.25) is 0 Å². The Kier molecular flexibility index (Phi) is 4.95. The van der Waals surface area contributed by atoms with Gasteiger partial charge in [0.1, 0.15) is 0 Å². The van der Waals surface area contributed by atoms with Gasteiger partial charge in [-0.2, -0.15) is 13.2 Å². The summed E-state index contributed by atoms with van der Waals surface area (Å²) in [5.41, 5.74) is 2.09. The van der Waals surface area contributed by atoms with Crippen molar-refractivity contribution >= 4 is 16.3 Å². The van der Waals surface area contributed by atoms with E-state index < -0.39 is 11.7 Å². The van der Waals surface area contributed by atoms with Gasteiger partial charge in [0, 0.05) is 13.1 Å². The molecule has 1 nitrogen and oxygen atoms in total. The van der Waals surface area contributed by atoms with E-state index in [1.807, 2.05) is 30.5 Å². The van der Waals surface area contributed by atoms with Crippen LogP contribution in [-0.4, -0.2) is 18.0 Å². The average molecular weight is 379 g/mol. The Morgan fingerprint density at radius 2 is 1.68 bits per heavy atom. The highest BCUT2D eigenvalue weighted by atomic mass is 19.4. The lowest BCUT2D eigenvalue weighted by atomic mass is 10.0. The number of nitrogens with zero attached hydrogens (tertiary/aromatic N) is 1. The summed E-state index contributed by atoms with van der Waals surface area (Å²) in [5.74, 6) is 0. The minimum absolute atomic E-state index is 0.597. The molecule has 0 saturated carbocycles. The van der Waals surface area contributed by atoms with Gasteiger partial charge in [0.2, 0.25) is 0 Å². The summed E-state index contributed by atoms with van der Waals surface area (Å²) < 4.78 is 38.7. The number of alkyl halides is 3. The molecular formula is C24H20F3N. The number of fused-ring (bicyclic) bond motifs is 1. The van der Waals surface area contributed by atoms with Gasteiger partial charge in [0.05, 0.1) is 5.56 Å². The molecule has 0 N–H and O–H groups in total. The molecular weight excluding hydrogens is 359 g/mol. The summed E-state index contributed by atoms with van der Waals surface area (Å²) >= 11 is 0. The molecule has 0 amide bonds. The number of allylic oxidation sites excluding steroid dienone is 2. The van der Waals surface area contributed by atoms with Crippen LogP contribution in [0, 0.1) is 0 Å². The quantitative estimate of drug-likeness (QED) is 0.513. The maximum absolute atomic E-state index is 12.9. The Morgan fingerprint density at radius 3 is 2.43 bits per heavy atom. The molecule has 0 saturated heterocycles. The Hall–Kier alpha value is -3.01. The van der Waals surface area contributed by atoms with E-state index in [4.69, 9.17) is 0 Å². The first-order valence-electron chi connectivity index (χ1n) is 9.27. The van der Waals surface area contributed by atoms with Crippen LogP contribution in [0.25, 0.3) is 16.3 Å². The Balaban J connectivity index is 1.39. The van der Waals surface area contributed by atoms with Crippen molar-refractivity contribution in [2.24, 2.45) is 0 Å². The fourth-order valence-corrected chi connectivity index (χ4v) is 3.45. The largest absolute Gasteiger partial charge is 0.416 e. The van der Waals surface area contributed by atoms with Gasteiger partial charge < -0.3 is 4.90 Å². The van der Waals surface area contributed by atoms with Crippen LogP contribution >= 0.6 is 0 Å². The van der Waals surface area contributed by atoms with Crippen molar-refractivity contribution in [3.8, 4) is 0 Å². The number of rotatable bonds is 4. The van der Waals surface area contributed by atoms with E-state index >= 15 is 0 Å². The van der Waals surface area contributed by atoms with Crippen LogP contribution in [-0.2, 0) is 12.6 Å². The van der Waals surface area contributed by atoms with Crippen LogP contribution in [0.5, 0.6) is 0 Å². The first kappa shape index (κ1) is 18.4. The first-order chi connectivity index (χ1) is 13.5. The molecule has 0 atom stereocenters. The predicted molar refractivity (Wildman–Crippen MR) is 108 cm³/mol. The van der Waals surface area contributed by atoms with E-state index in [-0.39, 0.29) is 0 Å². The summed E-state index contributed by atoms with van der Waals surface area (Å²) in [6.07, 6.45) is 2.44.